The van der Waals surface area contributed by atoms with E-state index in [4.69, 9.17) is 13.9 Å². The van der Waals surface area contributed by atoms with Crippen molar-refractivity contribution in [1.82, 2.24) is 20.9 Å². The lowest BCUT2D eigenvalue weighted by atomic mass is 9.86. The fourth-order valence-electron chi connectivity index (χ4n) is 8.51. The van der Waals surface area contributed by atoms with Gasteiger partial charge in [-0.1, -0.05) is 24.3 Å². The van der Waals surface area contributed by atoms with Gasteiger partial charge >= 0.3 is 17.9 Å². The Bertz CT molecular complexity index is 1710. The maximum absolute atomic E-state index is 13.8. The lowest BCUT2D eigenvalue weighted by Gasteiger charge is -2.23. The molecule has 3 aliphatic heterocycles. The predicted molar refractivity (Wildman–Crippen MR) is 210 cm³/mol. The second-order valence-corrected chi connectivity index (χ2v) is 15.7. The first-order valence-corrected chi connectivity index (χ1v) is 20.2. The summed E-state index contributed by atoms with van der Waals surface area (Å²) in [6, 6.07) is 16.6. The van der Waals surface area contributed by atoms with Crippen LogP contribution >= 0.6 is 0 Å². The van der Waals surface area contributed by atoms with E-state index in [1.807, 2.05) is 48.5 Å². The van der Waals surface area contributed by atoms with Crippen LogP contribution in [0.25, 0.3) is 0 Å². The van der Waals surface area contributed by atoms with Crippen molar-refractivity contribution in [3.63, 3.8) is 0 Å². The first-order valence-electron chi connectivity index (χ1n) is 20.2. The van der Waals surface area contributed by atoms with Crippen molar-refractivity contribution in [1.29, 1.82) is 0 Å². The predicted octanol–water partition coefficient (Wildman–Crippen LogP) is 3.37. The molecule has 6 N–H and O–H groups in total. The molecule has 1 aromatic heterocycles. The molecule has 3 aromatic rings. The van der Waals surface area contributed by atoms with E-state index in [1.54, 1.807) is 11.0 Å². The summed E-state index contributed by atoms with van der Waals surface area (Å²) in [4.78, 5) is 51.7. The minimum atomic E-state index is -0.842. The van der Waals surface area contributed by atoms with Crippen LogP contribution < -0.4 is 25.4 Å². The van der Waals surface area contributed by atoms with Gasteiger partial charge in [-0.15, -0.1) is 0 Å². The third-order valence-corrected chi connectivity index (χ3v) is 11.8. The van der Waals surface area contributed by atoms with Crippen molar-refractivity contribution >= 4 is 23.8 Å². The lowest BCUT2D eigenvalue weighted by Crippen LogP contribution is -2.38. The van der Waals surface area contributed by atoms with Crippen molar-refractivity contribution in [3.8, 4) is 11.5 Å². The molecular weight excluding hydrogens is 732 g/mol. The molecule has 0 bridgehead atoms. The van der Waals surface area contributed by atoms with E-state index in [0.29, 0.717) is 56.2 Å². The van der Waals surface area contributed by atoms with Crippen molar-refractivity contribution in [2.75, 3.05) is 65.6 Å². The number of carbonyl (C=O) groups excluding carboxylic acids is 1. The van der Waals surface area contributed by atoms with Crippen LogP contribution in [0.5, 0.6) is 11.5 Å². The highest BCUT2D eigenvalue weighted by molar-refractivity contribution is 5.78. The minimum absolute atomic E-state index is 0.0331. The summed E-state index contributed by atoms with van der Waals surface area (Å²) in [5, 5.41) is 39.5. The molecule has 0 saturated carbocycles. The molecular formula is C43H56N4O10. The molecule has 14 heteroatoms. The number of hydrogen-bond acceptors (Lipinski definition) is 10. The number of benzene rings is 2. The normalized spacial score (nSPS) is 20.8. The first kappa shape index (κ1) is 41.7. The molecule has 0 aliphatic carbocycles. The van der Waals surface area contributed by atoms with Crippen LogP contribution in [0.4, 0.5) is 0 Å². The highest BCUT2D eigenvalue weighted by atomic mass is 16.5. The molecule has 3 fully saturated rings. The largest absolute Gasteiger partial charge is 0.492 e. The number of furan rings is 1. The summed E-state index contributed by atoms with van der Waals surface area (Å²) in [6.45, 7) is 5.29. The molecule has 4 heterocycles. The summed E-state index contributed by atoms with van der Waals surface area (Å²) in [7, 11) is 0. The molecule has 0 unspecified atom stereocenters. The molecule has 2 aromatic carbocycles. The zero-order valence-corrected chi connectivity index (χ0v) is 32.4. The lowest BCUT2D eigenvalue weighted by molar-refractivity contribution is -0.144. The fraction of sp³-hybridized carbons (Fsp3) is 0.535. The molecule has 6 atom stereocenters. The first-order chi connectivity index (χ1) is 27.6. The molecule has 0 radical (unpaired) electrons. The quantitative estimate of drug-likeness (QED) is 0.0867. The number of amides is 1. The molecule has 3 saturated heterocycles. The SMILES string of the molecule is O=C(O)[C@@H](Cc1cccc(OCCN(CCOc2cccc(C[C@H](C(=O)O)[C@H]3CCNC3)c2)C(=O)Cc2cc(C[C@H](C(=O)O)[C@H]3CCNC3)co2)c1)[C@H]1CCNC1. The van der Waals surface area contributed by atoms with Crippen molar-refractivity contribution < 1.29 is 48.4 Å². The van der Waals surface area contributed by atoms with Crippen LogP contribution in [0.3, 0.4) is 0 Å². The third kappa shape index (κ3) is 12.0. The van der Waals surface area contributed by atoms with Crippen molar-refractivity contribution in [2.45, 2.75) is 44.9 Å². The Balaban J connectivity index is 1.08. The van der Waals surface area contributed by atoms with Crippen LogP contribution in [0.15, 0.2) is 65.3 Å². The van der Waals surface area contributed by atoms with Crippen molar-refractivity contribution in [3.05, 3.63) is 83.3 Å². The highest BCUT2D eigenvalue weighted by Gasteiger charge is 2.33. The van der Waals surface area contributed by atoms with Gasteiger partial charge in [0.05, 0.1) is 43.5 Å². The minimum Gasteiger partial charge on any atom is -0.492 e. The van der Waals surface area contributed by atoms with Gasteiger partial charge in [0.1, 0.15) is 30.5 Å². The van der Waals surface area contributed by atoms with E-state index >= 15 is 0 Å². The van der Waals surface area contributed by atoms with E-state index in [9.17, 15) is 34.5 Å². The van der Waals surface area contributed by atoms with Gasteiger partial charge in [0.15, 0.2) is 0 Å². The zero-order chi connectivity index (χ0) is 40.1. The highest BCUT2D eigenvalue weighted by Crippen LogP contribution is 2.28. The van der Waals surface area contributed by atoms with E-state index in [1.165, 1.54) is 6.26 Å². The average molecular weight is 789 g/mol. The molecule has 14 nitrogen and oxygen atoms in total. The number of nitrogens with one attached hydrogen (secondary N) is 3. The monoisotopic (exact) mass is 788 g/mol. The van der Waals surface area contributed by atoms with Gasteiger partial charge in [-0.2, -0.15) is 0 Å². The molecule has 0 spiro atoms. The Morgan fingerprint density at radius 2 is 1.09 bits per heavy atom. The summed E-state index contributed by atoms with van der Waals surface area (Å²) in [6.07, 6.45) is 5.07. The van der Waals surface area contributed by atoms with E-state index < -0.39 is 35.7 Å². The summed E-state index contributed by atoms with van der Waals surface area (Å²) < 4.78 is 18.0. The van der Waals surface area contributed by atoms with Crippen LogP contribution in [0.1, 0.15) is 41.7 Å². The zero-order valence-electron chi connectivity index (χ0n) is 32.4. The maximum Gasteiger partial charge on any atom is 0.307 e. The van der Waals surface area contributed by atoms with Crippen LogP contribution in [-0.4, -0.2) is 110 Å². The van der Waals surface area contributed by atoms with Gasteiger partial charge in [0.25, 0.3) is 0 Å². The maximum atomic E-state index is 13.8. The number of carboxylic acids is 3. The summed E-state index contributed by atoms with van der Waals surface area (Å²) >= 11 is 0. The van der Waals surface area contributed by atoms with E-state index in [-0.39, 0.29) is 56.4 Å². The third-order valence-electron chi connectivity index (χ3n) is 11.8. The number of aliphatic carboxylic acids is 3. The molecule has 3 aliphatic rings. The Morgan fingerprint density at radius 1 is 0.649 bits per heavy atom. The Labute approximate surface area is 333 Å². The van der Waals surface area contributed by atoms with Crippen LogP contribution in [-0.2, 0) is 44.9 Å². The van der Waals surface area contributed by atoms with Gasteiger partial charge in [0, 0.05) is 0 Å². The van der Waals surface area contributed by atoms with E-state index in [0.717, 1.165) is 55.6 Å². The van der Waals surface area contributed by atoms with E-state index in [2.05, 4.69) is 16.0 Å². The topological polar surface area (TPSA) is 200 Å². The summed E-state index contributed by atoms with van der Waals surface area (Å²) in [5.74, 6) is -2.44. The Kier molecular flexibility index (Phi) is 15.0. The fourth-order valence-corrected chi connectivity index (χ4v) is 8.51. The number of hydrogen-bond donors (Lipinski definition) is 6. The van der Waals surface area contributed by atoms with Crippen LogP contribution in [0, 0.1) is 35.5 Å². The molecule has 6 rings (SSSR count). The number of carbonyl (C=O) groups is 4. The average Bonchev–Trinajstić information content (AvgIpc) is 4.04. The molecule has 1 amide bonds. The molecule has 308 valence electrons. The second kappa shape index (κ2) is 20.5. The van der Waals surface area contributed by atoms with Gasteiger partial charge in [0.2, 0.25) is 5.91 Å². The second-order valence-electron chi connectivity index (χ2n) is 15.7. The molecule has 57 heavy (non-hydrogen) atoms. The standard InChI is InChI=1S/C43H56N4O10/c48-40(23-36-19-30(27-57-36)22-39(43(53)54)33-9-12-46-26-33)47(13-15-55-34-5-1-3-28(17-34)20-37(41(49)50)31-7-10-44-24-31)14-16-56-35-6-2-4-29(18-35)21-38(42(51)52)32-8-11-45-25-32/h1-6,17-19,27,31-33,37-39,44-46H,7-16,20-26H2,(H,49,50)(H,51,52)(H,53,54)/t31-,32-,33-,37-,38-,39-/m0/s1. The van der Waals surface area contributed by atoms with Gasteiger partial charge in [-0.25, -0.2) is 0 Å². The number of nitrogens with zero attached hydrogens (tertiary/aromatic N) is 1. The number of carboxylic acid groups (broad SMARTS) is 3. The van der Waals surface area contributed by atoms with Gasteiger partial charge < -0.3 is 50.1 Å². The van der Waals surface area contributed by atoms with Gasteiger partial charge in [-0.3, -0.25) is 19.2 Å². The number of ether oxygens (including phenoxy) is 2. The van der Waals surface area contributed by atoms with Crippen LogP contribution in [0.2, 0.25) is 0 Å². The summed E-state index contributed by atoms with van der Waals surface area (Å²) in [5.41, 5.74) is 2.47. The number of rotatable bonds is 22. The van der Waals surface area contributed by atoms with Gasteiger partial charge in [-0.05, 0) is 143 Å². The van der Waals surface area contributed by atoms with Crippen molar-refractivity contribution in [2.24, 2.45) is 35.5 Å². The Morgan fingerprint density at radius 3 is 1.49 bits per heavy atom. The Hall–Kier alpha value is -4.92. The smallest absolute Gasteiger partial charge is 0.307 e.